The highest BCUT2D eigenvalue weighted by molar-refractivity contribution is 9.10. The highest BCUT2D eigenvalue weighted by Crippen LogP contribution is 2.27. The highest BCUT2D eigenvalue weighted by atomic mass is 79.9. The van der Waals surface area contributed by atoms with E-state index in [4.69, 9.17) is 4.74 Å². The number of nitrogens with one attached hydrogen (secondary N) is 1. The Morgan fingerprint density at radius 2 is 1.96 bits per heavy atom. The zero-order chi connectivity index (χ0) is 19.3. The number of ether oxygens (including phenoxy) is 1. The number of nitriles is 1. The van der Waals surface area contributed by atoms with Crippen molar-refractivity contribution < 1.29 is 9.53 Å². The highest BCUT2D eigenvalue weighted by Gasteiger charge is 2.15. The van der Waals surface area contributed by atoms with Crippen LogP contribution in [0.3, 0.4) is 0 Å². The molecule has 0 aliphatic heterocycles. The van der Waals surface area contributed by atoms with Crippen LogP contribution in [-0.2, 0) is 16.1 Å². The van der Waals surface area contributed by atoms with E-state index in [-0.39, 0.29) is 11.7 Å². The number of carbonyl (C=O) groups excluding carboxylic acids is 1. The van der Waals surface area contributed by atoms with Crippen molar-refractivity contribution in [2.75, 3.05) is 18.2 Å². The Morgan fingerprint density at radius 1 is 1.31 bits per heavy atom. The SMILES string of the molecule is COCc1cc(C)nc(SCC(=O)Nc2c(C)cc(Br)cc2C)c1C#N. The van der Waals surface area contributed by atoms with Gasteiger partial charge in [0.1, 0.15) is 11.1 Å². The van der Waals surface area contributed by atoms with Gasteiger partial charge in [-0.2, -0.15) is 5.26 Å². The number of halogens is 1. The summed E-state index contributed by atoms with van der Waals surface area (Å²) in [6, 6.07) is 7.93. The predicted molar refractivity (Wildman–Crippen MR) is 107 cm³/mol. The van der Waals surface area contributed by atoms with E-state index in [1.54, 1.807) is 7.11 Å². The molecule has 0 spiro atoms. The summed E-state index contributed by atoms with van der Waals surface area (Å²) in [5, 5.41) is 13.0. The summed E-state index contributed by atoms with van der Waals surface area (Å²) >= 11 is 4.71. The molecule has 26 heavy (non-hydrogen) atoms. The topological polar surface area (TPSA) is 75.0 Å². The molecule has 0 unspecified atom stereocenters. The van der Waals surface area contributed by atoms with E-state index in [9.17, 15) is 10.1 Å². The third kappa shape index (κ3) is 5.07. The summed E-state index contributed by atoms with van der Waals surface area (Å²) in [4.78, 5) is 16.8. The first kappa shape index (κ1) is 20.4. The van der Waals surface area contributed by atoms with Gasteiger partial charge in [0.2, 0.25) is 5.91 Å². The molecular formula is C19H20BrN3O2S. The summed E-state index contributed by atoms with van der Waals surface area (Å²) in [7, 11) is 1.58. The second-order valence-electron chi connectivity index (χ2n) is 5.90. The van der Waals surface area contributed by atoms with Crippen LogP contribution in [0.1, 0.15) is 27.9 Å². The number of benzene rings is 1. The quantitative estimate of drug-likeness (QED) is 0.677. The van der Waals surface area contributed by atoms with Crippen molar-refractivity contribution in [2.45, 2.75) is 32.4 Å². The molecule has 0 atom stereocenters. The van der Waals surface area contributed by atoms with Gasteiger partial charge in [0.15, 0.2) is 0 Å². The minimum absolute atomic E-state index is 0.135. The smallest absolute Gasteiger partial charge is 0.234 e. The first-order valence-electron chi connectivity index (χ1n) is 7.94. The number of amides is 1. The lowest BCUT2D eigenvalue weighted by molar-refractivity contribution is -0.113. The summed E-state index contributed by atoms with van der Waals surface area (Å²) < 4.78 is 6.13. The Balaban J connectivity index is 2.14. The monoisotopic (exact) mass is 433 g/mol. The van der Waals surface area contributed by atoms with Crippen LogP contribution in [0.4, 0.5) is 5.69 Å². The molecule has 0 fully saturated rings. The van der Waals surface area contributed by atoms with Crippen LogP contribution < -0.4 is 5.32 Å². The first-order valence-corrected chi connectivity index (χ1v) is 9.72. The van der Waals surface area contributed by atoms with Crippen LogP contribution in [0.15, 0.2) is 27.7 Å². The predicted octanol–water partition coefficient (Wildman–Crippen LogP) is 4.52. The van der Waals surface area contributed by atoms with Crippen LogP contribution in [0.5, 0.6) is 0 Å². The van der Waals surface area contributed by atoms with Crippen molar-refractivity contribution in [2.24, 2.45) is 0 Å². The maximum atomic E-state index is 12.4. The van der Waals surface area contributed by atoms with Crippen molar-refractivity contribution in [3.63, 3.8) is 0 Å². The van der Waals surface area contributed by atoms with Gasteiger partial charge in [-0.3, -0.25) is 4.79 Å². The number of hydrogen-bond acceptors (Lipinski definition) is 5. The van der Waals surface area contributed by atoms with Gasteiger partial charge >= 0.3 is 0 Å². The second kappa shape index (κ2) is 9.17. The van der Waals surface area contributed by atoms with E-state index in [1.807, 2.05) is 39.0 Å². The lowest BCUT2D eigenvalue weighted by Crippen LogP contribution is -2.16. The van der Waals surface area contributed by atoms with Crippen molar-refractivity contribution in [3.8, 4) is 6.07 Å². The largest absolute Gasteiger partial charge is 0.380 e. The maximum absolute atomic E-state index is 12.4. The van der Waals surface area contributed by atoms with Crippen LogP contribution >= 0.6 is 27.7 Å². The fraction of sp³-hybridized carbons (Fsp3) is 0.316. The van der Waals surface area contributed by atoms with Crippen LogP contribution in [0.2, 0.25) is 0 Å². The normalized spacial score (nSPS) is 10.5. The molecule has 136 valence electrons. The van der Waals surface area contributed by atoms with Gasteiger partial charge in [0.05, 0.1) is 17.9 Å². The Morgan fingerprint density at radius 3 is 2.54 bits per heavy atom. The van der Waals surface area contributed by atoms with Crippen LogP contribution in [0.25, 0.3) is 0 Å². The number of anilines is 1. The Hall–Kier alpha value is -1.88. The summed E-state index contributed by atoms with van der Waals surface area (Å²) in [5.74, 6) is 0.0379. The second-order valence-corrected chi connectivity index (χ2v) is 7.78. The molecular weight excluding hydrogens is 414 g/mol. The number of aromatic nitrogens is 1. The number of thioether (sulfide) groups is 1. The molecule has 1 N–H and O–H groups in total. The molecule has 0 saturated carbocycles. The fourth-order valence-corrected chi connectivity index (χ4v) is 4.18. The minimum Gasteiger partial charge on any atom is -0.380 e. The van der Waals surface area contributed by atoms with Gasteiger partial charge in [-0.05, 0) is 55.7 Å². The molecule has 0 saturated heterocycles. The molecule has 0 aliphatic carbocycles. The molecule has 7 heteroatoms. The van der Waals surface area contributed by atoms with Gasteiger partial charge in [-0.25, -0.2) is 4.98 Å². The van der Waals surface area contributed by atoms with Crippen molar-refractivity contribution in [1.82, 2.24) is 4.98 Å². The number of aryl methyl sites for hydroxylation is 3. The Labute approximate surface area is 166 Å². The van der Waals surface area contributed by atoms with Gasteiger partial charge in [0.25, 0.3) is 0 Å². The molecule has 5 nitrogen and oxygen atoms in total. The molecule has 0 bridgehead atoms. The zero-order valence-electron chi connectivity index (χ0n) is 15.1. The number of pyridine rings is 1. The Bertz CT molecular complexity index is 855. The number of hydrogen-bond donors (Lipinski definition) is 1. The van der Waals surface area contributed by atoms with E-state index in [0.717, 1.165) is 32.5 Å². The summed E-state index contributed by atoms with van der Waals surface area (Å²) in [6.07, 6.45) is 0. The molecule has 2 rings (SSSR count). The lowest BCUT2D eigenvalue weighted by atomic mass is 10.1. The third-order valence-electron chi connectivity index (χ3n) is 3.71. The molecule has 1 aromatic carbocycles. The van der Waals surface area contributed by atoms with Crippen LogP contribution in [-0.4, -0.2) is 23.8 Å². The number of rotatable bonds is 6. The van der Waals surface area contributed by atoms with Crippen LogP contribution in [0, 0.1) is 32.1 Å². The van der Waals surface area contributed by atoms with Gasteiger partial charge in [-0.1, -0.05) is 27.7 Å². The number of carbonyl (C=O) groups is 1. The van der Waals surface area contributed by atoms with E-state index in [2.05, 4.69) is 32.3 Å². The minimum atomic E-state index is -0.135. The van der Waals surface area contributed by atoms with Gasteiger partial charge in [-0.15, -0.1) is 0 Å². The fourth-order valence-electron chi connectivity index (χ4n) is 2.62. The first-order chi connectivity index (χ1) is 12.3. The molecule has 1 amide bonds. The van der Waals surface area contributed by atoms with E-state index in [0.29, 0.717) is 17.2 Å². The van der Waals surface area contributed by atoms with Crippen molar-refractivity contribution >= 4 is 39.3 Å². The average molecular weight is 434 g/mol. The third-order valence-corrected chi connectivity index (χ3v) is 5.14. The zero-order valence-corrected chi connectivity index (χ0v) is 17.5. The van der Waals surface area contributed by atoms with E-state index >= 15 is 0 Å². The molecule has 0 radical (unpaired) electrons. The molecule has 0 aliphatic rings. The van der Waals surface area contributed by atoms with E-state index < -0.39 is 0 Å². The van der Waals surface area contributed by atoms with E-state index in [1.165, 1.54) is 11.8 Å². The van der Waals surface area contributed by atoms with Gasteiger partial charge in [0, 0.05) is 23.0 Å². The summed E-state index contributed by atoms with van der Waals surface area (Å²) in [5.41, 5.74) is 4.83. The molecule has 1 aromatic heterocycles. The van der Waals surface area contributed by atoms with Crippen molar-refractivity contribution in [3.05, 3.63) is 50.6 Å². The lowest BCUT2D eigenvalue weighted by Gasteiger charge is -2.13. The van der Waals surface area contributed by atoms with Gasteiger partial charge < -0.3 is 10.1 Å². The molecule has 2 aromatic rings. The Kier molecular flexibility index (Phi) is 7.21. The standard InChI is InChI=1S/C19H20BrN3O2S/c1-11-5-15(20)6-12(2)18(11)23-17(24)10-26-19-16(8-21)14(9-25-4)7-13(3)22-19/h5-7H,9-10H2,1-4H3,(H,23,24). The average Bonchev–Trinajstić information content (AvgIpc) is 2.56. The molecule has 1 heterocycles. The maximum Gasteiger partial charge on any atom is 0.234 e. The number of methoxy groups -OCH3 is 1. The van der Waals surface area contributed by atoms with Crippen molar-refractivity contribution in [1.29, 1.82) is 5.26 Å². The number of nitrogens with zero attached hydrogens (tertiary/aromatic N) is 2. The summed E-state index contributed by atoms with van der Waals surface area (Å²) in [6.45, 7) is 6.10.